The van der Waals surface area contributed by atoms with E-state index in [1.54, 1.807) is 0 Å². The molecule has 0 bridgehead atoms. The first-order chi connectivity index (χ1) is 34.2. The molecule has 4 aliphatic rings. The molecule has 5 heterocycles. The molecule has 392 valence electrons. The molecule has 0 amide bonds. The van der Waals surface area contributed by atoms with Crippen molar-refractivity contribution in [2.24, 2.45) is 0 Å². The summed E-state index contributed by atoms with van der Waals surface area (Å²) in [6.07, 6.45) is -31.3. The lowest BCUT2D eigenvalue weighted by molar-refractivity contribution is -0.365. The summed E-state index contributed by atoms with van der Waals surface area (Å²) < 4.78 is 58.9. The highest BCUT2D eigenvalue weighted by molar-refractivity contribution is 5.88. The molecular weight excluding hydrogens is 964 g/mol. The highest BCUT2D eigenvalue weighted by atomic mass is 16.8. The van der Waals surface area contributed by atoms with Gasteiger partial charge in [-0.25, -0.2) is 4.79 Å². The lowest BCUT2D eigenvalue weighted by Crippen LogP contribution is -2.66. The van der Waals surface area contributed by atoms with Crippen LogP contribution in [0.4, 0.5) is 0 Å². The molecule has 3 aromatic carbocycles. The highest BCUT2D eigenvalue weighted by Crippen LogP contribution is 2.39. The fourth-order valence-corrected chi connectivity index (χ4v) is 8.44. The number of aliphatic hydroxyl groups is 9. The predicted octanol–water partition coefficient (Wildman–Crippen LogP) is -2.11. The number of hydrogen-bond acceptors (Lipinski definition) is 25. The monoisotopic (exact) mass is 1020 g/mol. The zero-order valence-corrected chi connectivity index (χ0v) is 38.0. The standard InChI is InChI=1S/C47H54O25/c1-17-30(54)35(59)37(61)46(66-17)72-43-41(69-28(53)12-5-19-3-8-21(48)9-4-19)33(57)27(16-64-45-38(62)40(31(55)18(2)65-45)70-44-36(60)32(56)25(52)15-63-44)68-47(43)71-42-34(58)29-24(51)13-23(50)14-26(29)67-39(42)20-6-10-22(49)11-7-20/h3-14,17-18,25,27,30-33,35-38,40-41,43-52,54-57,59-62H,15-16H2,1-2H3/b12-5+/t17-,18-,25+,27+,30-,31-,32-,33-,35+,36+,37+,38+,40+,41-,43+,44-,45+,46-,47-/m0/s1. The Kier molecular flexibility index (Phi) is 16.0. The number of ether oxygens (including phenoxy) is 9. The van der Waals surface area contributed by atoms with Crippen molar-refractivity contribution in [3.63, 3.8) is 0 Å². The third kappa shape index (κ3) is 11.0. The molecule has 13 N–H and O–H groups in total. The zero-order chi connectivity index (χ0) is 51.9. The molecule has 4 saturated heterocycles. The van der Waals surface area contributed by atoms with E-state index in [1.807, 2.05) is 0 Å². The number of phenols is 4. The topological polar surface area (TPSA) is 393 Å². The number of aromatic hydroxyl groups is 4. The number of aliphatic hydroxyl groups excluding tert-OH is 9. The maximum Gasteiger partial charge on any atom is 0.331 e. The van der Waals surface area contributed by atoms with E-state index in [2.05, 4.69) is 0 Å². The SMILES string of the molecule is C[C@@H]1O[C@@H](O[C@H]2[C@H](Oc3c(-c4ccc(O)cc4)oc4cc(O)cc(O)c4c3=O)O[C@H](CO[C@@H]3O[C@@H](C)[C@H](O)[C@@H](O[C@@H]4OC[C@@H](O)[C@H](O)[C@H]4O)[C@H]3O)[C@H](O)[C@@H]2OC(=O)/C=C/c2ccc(O)cc2)[C@H](O)[C@H](O)[C@H]1O. The molecule has 4 aliphatic heterocycles. The minimum Gasteiger partial charge on any atom is -0.508 e. The number of carbonyl (C=O) groups excluding carboxylic acids is 1. The summed E-state index contributed by atoms with van der Waals surface area (Å²) in [6.45, 7) is 1.39. The first kappa shape index (κ1) is 52.8. The van der Waals surface area contributed by atoms with Crippen LogP contribution in [0.2, 0.25) is 0 Å². The maximum atomic E-state index is 14.6. The number of rotatable bonds is 13. The first-order valence-corrected chi connectivity index (χ1v) is 22.5. The third-order valence-electron chi connectivity index (χ3n) is 12.5. The number of benzene rings is 3. The minimum absolute atomic E-state index is 0.0606. The first-order valence-electron chi connectivity index (χ1n) is 22.5. The molecule has 72 heavy (non-hydrogen) atoms. The van der Waals surface area contributed by atoms with Crippen molar-refractivity contribution in [1.82, 2.24) is 0 Å². The molecule has 4 fully saturated rings. The second-order valence-corrected chi connectivity index (χ2v) is 17.6. The highest BCUT2D eigenvalue weighted by Gasteiger charge is 2.55. The minimum atomic E-state index is -2.13. The van der Waals surface area contributed by atoms with Gasteiger partial charge in [0.05, 0.1) is 25.4 Å². The summed E-state index contributed by atoms with van der Waals surface area (Å²) in [5.41, 5.74) is -0.975. The van der Waals surface area contributed by atoms with E-state index in [0.717, 1.165) is 18.2 Å². The second kappa shape index (κ2) is 21.9. The number of esters is 1. The van der Waals surface area contributed by atoms with Gasteiger partial charge in [-0.3, -0.25) is 4.79 Å². The van der Waals surface area contributed by atoms with Crippen molar-refractivity contribution in [2.45, 2.75) is 131 Å². The molecule has 0 unspecified atom stereocenters. The molecule has 25 nitrogen and oxygen atoms in total. The summed E-state index contributed by atoms with van der Waals surface area (Å²) in [5, 5.41) is 138. The van der Waals surface area contributed by atoms with Gasteiger partial charge in [-0.1, -0.05) is 12.1 Å². The molecule has 8 rings (SSSR count). The van der Waals surface area contributed by atoms with Gasteiger partial charge < -0.3 is 113 Å². The van der Waals surface area contributed by atoms with Gasteiger partial charge >= 0.3 is 5.97 Å². The Hall–Kier alpha value is -5.56. The summed E-state index contributed by atoms with van der Waals surface area (Å²) in [5.74, 6) is -3.86. The van der Waals surface area contributed by atoms with E-state index in [-0.39, 0.29) is 22.6 Å². The van der Waals surface area contributed by atoms with Crippen molar-refractivity contribution in [3.8, 4) is 40.1 Å². The number of hydrogen-bond donors (Lipinski definition) is 13. The molecule has 4 aromatic rings. The fraction of sp³-hybridized carbons (Fsp3) is 0.489. The van der Waals surface area contributed by atoms with Crippen LogP contribution in [0, 0.1) is 0 Å². The summed E-state index contributed by atoms with van der Waals surface area (Å²) in [7, 11) is 0. The lowest BCUT2D eigenvalue weighted by Gasteiger charge is -2.47. The van der Waals surface area contributed by atoms with Crippen molar-refractivity contribution in [1.29, 1.82) is 0 Å². The van der Waals surface area contributed by atoms with Gasteiger partial charge in [0.2, 0.25) is 17.5 Å². The van der Waals surface area contributed by atoms with Gasteiger partial charge in [0.25, 0.3) is 0 Å². The molecule has 0 radical (unpaired) electrons. The average Bonchev–Trinajstić information content (AvgIpc) is 3.34. The molecule has 0 aliphatic carbocycles. The van der Waals surface area contributed by atoms with Gasteiger partial charge in [0.1, 0.15) is 101 Å². The Labute approximate surface area is 406 Å². The van der Waals surface area contributed by atoms with Crippen LogP contribution in [0.5, 0.6) is 28.7 Å². The summed E-state index contributed by atoms with van der Waals surface area (Å²) in [4.78, 5) is 28.3. The van der Waals surface area contributed by atoms with Gasteiger partial charge in [0.15, 0.2) is 36.8 Å². The Morgan fingerprint density at radius 2 is 1.26 bits per heavy atom. The second-order valence-electron chi connectivity index (χ2n) is 17.6. The molecule has 1 aromatic heterocycles. The normalized spacial score (nSPS) is 36.3. The van der Waals surface area contributed by atoms with E-state index in [4.69, 9.17) is 47.0 Å². The molecule has 25 heteroatoms. The quantitative estimate of drug-likeness (QED) is 0.0503. The molecule has 0 spiro atoms. The van der Waals surface area contributed by atoms with E-state index in [9.17, 15) is 76.0 Å². The van der Waals surface area contributed by atoms with E-state index in [0.29, 0.717) is 5.56 Å². The Morgan fingerprint density at radius 1 is 0.639 bits per heavy atom. The maximum absolute atomic E-state index is 14.6. The van der Waals surface area contributed by atoms with E-state index >= 15 is 0 Å². The Balaban J connectivity index is 1.18. The molecule has 19 atom stereocenters. The number of fused-ring (bicyclic) bond motifs is 1. The molecular formula is C47H54O25. The number of phenolic OH excluding ortho intramolecular Hbond substituents is 4. The zero-order valence-electron chi connectivity index (χ0n) is 38.0. The summed E-state index contributed by atoms with van der Waals surface area (Å²) in [6, 6.07) is 12.6. The Morgan fingerprint density at radius 3 is 1.96 bits per heavy atom. The largest absolute Gasteiger partial charge is 0.508 e. The van der Waals surface area contributed by atoms with Crippen LogP contribution in [0.25, 0.3) is 28.4 Å². The fourth-order valence-electron chi connectivity index (χ4n) is 8.44. The third-order valence-corrected chi connectivity index (χ3v) is 12.5. The van der Waals surface area contributed by atoms with Crippen LogP contribution in [0.3, 0.4) is 0 Å². The van der Waals surface area contributed by atoms with Crippen molar-refractivity contribution < 1.29 is 118 Å². The van der Waals surface area contributed by atoms with Crippen LogP contribution in [0.15, 0.2) is 76.0 Å². The van der Waals surface area contributed by atoms with Gasteiger partial charge in [-0.2, -0.15) is 0 Å². The van der Waals surface area contributed by atoms with Crippen molar-refractivity contribution >= 4 is 23.0 Å². The number of carbonyl (C=O) groups is 1. The van der Waals surface area contributed by atoms with Crippen molar-refractivity contribution in [3.05, 3.63) is 82.5 Å². The Bertz CT molecular complexity index is 2590. The van der Waals surface area contributed by atoms with Gasteiger partial charge in [-0.15, -0.1) is 0 Å². The van der Waals surface area contributed by atoms with Crippen LogP contribution in [-0.4, -0.2) is 202 Å². The average molecular weight is 1020 g/mol. The van der Waals surface area contributed by atoms with Crippen LogP contribution in [-0.2, 0) is 42.7 Å². The van der Waals surface area contributed by atoms with Crippen LogP contribution in [0.1, 0.15) is 19.4 Å². The lowest BCUT2D eigenvalue weighted by atomic mass is 9.97. The van der Waals surface area contributed by atoms with Gasteiger partial charge in [-0.05, 0) is 61.9 Å². The smallest absolute Gasteiger partial charge is 0.331 e. The van der Waals surface area contributed by atoms with E-state index in [1.165, 1.54) is 68.5 Å². The van der Waals surface area contributed by atoms with Crippen LogP contribution >= 0.6 is 0 Å². The van der Waals surface area contributed by atoms with E-state index < -0.39 is 170 Å². The van der Waals surface area contributed by atoms with Gasteiger partial charge in [0, 0.05) is 23.8 Å². The van der Waals surface area contributed by atoms with Crippen molar-refractivity contribution in [2.75, 3.05) is 13.2 Å². The summed E-state index contributed by atoms with van der Waals surface area (Å²) >= 11 is 0. The predicted molar refractivity (Wildman–Crippen MR) is 237 cm³/mol. The van der Waals surface area contributed by atoms with Crippen LogP contribution < -0.4 is 10.2 Å². The molecule has 0 saturated carbocycles.